The van der Waals surface area contributed by atoms with Gasteiger partial charge in [-0.05, 0) is 32.0 Å². The number of Topliss-reactive ketones (excluding diaryl/α,β-unsaturated/α-hetero) is 1. The monoisotopic (exact) mass is 340 g/mol. The second-order valence-electron chi connectivity index (χ2n) is 5.15. The van der Waals surface area contributed by atoms with Crippen molar-refractivity contribution in [3.05, 3.63) is 28.2 Å². The van der Waals surface area contributed by atoms with E-state index in [1.165, 1.54) is 0 Å². The first-order valence-corrected chi connectivity index (χ1v) is 7.67. The second-order valence-corrected chi connectivity index (χ2v) is 6.06. The van der Waals surface area contributed by atoms with Gasteiger partial charge >= 0.3 is 0 Å². The van der Waals surface area contributed by atoms with Crippen molar-refractivity contribution >= 4 is 21.7 Å². The van der Waals surface area contributed by atoms with Crippen molar-refractivity contribution in [2.24, 2.45) is 5.92 Å². The van der Waals surface area contributed by atoms with E-state index in [4.69, 9.17) is 14.2 Å². The lowest BCUT2D eigenvalue weighted by Gasteiger charge is -2.42. The van der Waals surface area contributed by atoms with Gasteiger partial charge in [0.2, 0.25) is 0 Å². The first kappa shape index (κ1) is 14.0. The van der Waals surface area contributed by atoms with Crippen LogP contribution in [0.15, 0.2) is 22.7 Å². The Morgan fingerprint density at radius 2 is 2.25 bits per heavy atom. The van der Waals surface area contributed by atoms with Gasteiger partial charge in [0.05, 0.1) is 17.6 Å². The van der Waals surface area contributed by atoms with Crippen LogP contribution in [0.5, 0.6) is 5.75 Å². The van der Waals surface area contributed by atoms with Gasteiger partial charge in [0.15, 0.2) is 12.1 Å². The van der Waals surface area contributed by atoms with Crippen molar-refractivity contribution in [1.82, 2.24) is 0 Å². The van der Waals surface area contributed by atoms with Crippen LogP contribution in [0.2, 0.25) is 0 Å². The molecule has 5 heteroatoms. The Labute approximate surface area is 126 Å². The van der Waals surface area contributed by atoms with Crippen molar-refractivity contribution in [3.8, 4) is 5.75 Å². The molecule has 108 valence electrons. The lowest BCUT2D eigenvalue weighted by atomic mass is 9.82. The fourth-order valence-corrected chi connectivity index (χ4v) is 3.32. The Bertz CT molecular complexity index is 531. The average molecular weight is 341 g/mol. The molecule has 4 nitrogen and oxygen atoms in total. The van der Waals surface area contributed by atoms with E-state index in [1.807, 2.05) is 32.0 Å². The zero-order valence-electron chi connectivity index (χ0n) is 11.5. The average Bonchev–Trinajstić information content (AvgIpc) is 2.40. The number of halogens is 1. The van der Waals surface area contributed by atoms with Crippen molar-refractivity contribution in [3.63, 3.8) is 0 Å². The Morgan fingerprint density at radius 3 is 3.00 bits per heavy atom. The van der Waals surface area contributed by atoms with Crippen LogP contribution < -0.4 is 4.74 Å². The Hall–Kier alpha value is -0.910. The van der Waals surface area contributed by atoms with Crippen LogP contribution in [-0.4, -0.2) is 30.9 Å². The number of rotatable bonds is 2. The molecule has 3 rings (SSSR count). The van der Waals surface area contributed by atoms with Gasteiger partial charge < -0.3 is 14.2 Å². The molecule has 3 unspecified atom stereocenters. The van der Waals surface area contributed by atoms with Gasteiger partial charge in [-0.15, -0.1) is 0 Å². The van der Waals surface area contributed by atoms with E-state index in [2.05, 4.69) is 15.9 Å². The predicted molar refractivity (Wildman–Crippen MR) is 77.0 cm³/mol. The third-order valence-corrected chi connectivity index (χ3v) is 4.33. The van der Waals surface area contributed by atoms with E-state index in [0.717, 1.165) is 4.47 Å². The van der Waals surface area contributed by atoms with E-state index >= 15 is 0 Å². The molecule has 2 aliphatic heterocycles. The first-order valence-electron chi connectivity index (χ1n) is 6.87. The summed E-state index contributed by atoms with van der Waals surface area (Å²) in [5, 5.41) is 0. The van der Waals surface area contributed by atoms with Crippen LogP contribution in [0.4, 0.5) is 0 Å². The molecule has 0 spiro atoms. The summed E-state index contributed by atoms with van der Waals surface area (Å²) in [6.07, 6.45) is -0.0770. The molecule has 20 heavy (non-hydrogen) atoms. The number of ether oxygens (including phenoxy) is 3. The van der Waals surface area contributed by atoms with Gasteiger partial charge in [-0.2, -0.15) is 0 Å². The molecular formula is C15H17BrO4. The summed E-state index contributed by atoms with van der Waals surface area (Å²) < 4.78 is 18.2. The lowest BCUT2D eigenvalue weighted by Crippen LogP contribution is -2.52. The fraction of sp³-hybridized carbons (Fsp3) is 0.533. The zero-order chi connectivity index (χ0) is 14.3. The van der Waals surface area contributed by atoms with Gasteiger partial charge in [-0.25, -0.2) is 0 Å². The summed E-state index contributed by atoms with van der Waals surface area (Å²) in [5.41, 5.74) is 0.630. The lowest BCUT2D eigenvalue weighted by molar-refractivity contribution is -0.219. The van der Waals surface area contributed by atoms with E-state index in [0.29, 0.717) is 24.3 Å². The minimum atomic E-state index is -0.291. The molecule has 0 N–H and O–H groups in total. The van der Waals surface area contributed by atoms with Gasteiger partial charge in [0.1, 0.15) is 11.9 Å². The third-order valence-electron chi connectivity index (χ3n) is 3.84. The molecular weight excluding hydrogens is 324 g/mol. The maximum absolute atomic E-state index is 12.7. The highest BCUT2D eigenvalue weighted by molar-refractivity contribution is 9.10. The Kier molecular flexibility index (Phi) is 3.84. The van der Waals surface area contributed by atoms with Crippen LogP contribution in [0.1, 0.15) is 30.6 Å². The normalized spacial score (nSPS) is 32.2. The smallest absolute Gasteiger partial charge is 0.176 e. The van der Waals surface area contributed by atoms with Gasteiger partial charge in [-0.3, -0.25) is 4.79 Å². The van der Waals surface area contributed by atoms with Crippen LogP contribution in [-0.2, 0) is 9.47 Å². The first-order chi connectivity index (χ1) is 9.60. The van der Waals surface area contributed by atoms with Crippen LogP contribution >= 0.6 is 15.9 Å². The maximum Gasteiger partial charge on any atom is 0.176 e. The summed E-state index contributed by atoms with van der Waals surface area (Å²) in [5.74, 6) is 0.498. The number of fused-ring (bicyclic) bond motifs is 2. The summed E-state index contributed by atoms with van der Waals surface area (Å²) in [6.45, 7) is 4.43. The molecule has 2 aliphatic rings. The van der Waals surface area contributed by atoms with E-state index in [1.54, 1.807) is 0 Å². The standard InChI is InChI=1S/C15H17BrO4/c1-3-18-13-7-12-14(8(2)19-13)15(17)10-6-9(16)4-5-11(10)20-12/h4-6,8,12-14H,3,7H2,1-2H3/t8-,12?,13?,14?/m1/s1. The van der Waals surface area contributed by atoms with E-state index < -0.39 is 0 Å². The van der Waals surface area contributed by atoms with Gasteiger partial charge in [0, 0.05) is 17.5 Å². The van der Waals surface area contributed by atoms with Crippen molar-refractivity contribution in [2.45, 2.75) is 38.8 Å². The summed E-state index contributed by atoms with van der Waals surface area (Å²) in [7, 11) is 0. The number of hydrogen-bond acceptors (Lipinski definition) is 4. The van der Waals surface area contributed by atoms with Crippen LogP contribution in [0, 0.1) is 5.92 Å². The van der Waals surface area contributed by atoms with Crippen LogP contribution in [0.3, 0.4) is 0 Å². The molecule has 0 radical (unpaired) electrons. The van der Waals surface area contributed by atoms with Crippen LogP contribution in [0.25, 0.3) is 0 Å². The Morgan fingerprint density at radius 1 is 1.45 bits per heavy atom. The molecule has 2 heterocycles. The largest absolute Gasteiger partial charge is 0.489 e. The molecule has 0 aliphatic carbocycles. The Balaban J connectivity index is 1.91. The topological polar surface area (TPSA) is 44.8 Å². The van der Waals surface area contributed by atoms with Crippen molar-refractivity contribution < 1.29 is 19.0 Å². The highest BCUT2D eigenvalue weighted by Crippen LogP contribution is 2.39. The molecule has 1 saturated heterocycles. The molecule has 0 aromatic heterocycles. The fourth-order valence-electron chi connectivity index (χ4n) is 2.95. The van der Waals surface area contributed by atoms with E-state index in [-0.39, 0.29) is 30.2 Å². The predicted octanol–water partition coefficient (Wildman–Crippen LogP) is 3.18. The molecule has 1 aromatic carbocycles. The number of benzene rings is 1. The maximum atomic E-state index is 12.7. The van der Waals surface area contributed by atoms with E-state index in [9.17, 15) is 4.79 Å². The minimum absolute atomic E-state index is 0.0972. The number of carbonyl (C=O) groups excluding carboxylic acids is 1. The number of ketones is 1. The zero-order valence-corrected chi connectivity index (χ0v) is 13.1. The number of hydrogen-bond donors (Lipinski definition) is 0. The van der Waals surface area contributed by atoms with Crippen molar-refractivity contribution in [2.75, 3.05) is 6.61 Å². The summed E-state index contributed by atoms with van der Waals surface area (Å²) in [6, 6.07) is 5.54. The summed E-state index contributed by atoms with van der Waals surface area (Å²) in [4.78, 5) is 12.7. The van der Waals surface area contributed by atoms with Crippen molar-refractivity contribution in [1.29, 1.82) is 0 Å². The quantitative estimate of drug-likeness (QED) is 0.829. The van der Waals surface area contributed by atoms with Gasteiger partial charge in [0.25, 0.3) is 0 Å². The minimum Gasteiger partial charge on any atom is -0.489 e. The molecule has 1 aromatic rings. The molecule has 0 amide bonds. The second kappa shape index (κ2) is 5.47. The molecule has 1 fully saturated rings. The highest BCUT2D eigenvalue weighted by Gasteiger charge is 2.46. The summed E-state index contributed by atoms with van der Waals surface area (Å²) >= 11 is 3.39. The highest BCUT2D eigenvalue weighted by atomic mass is 79.9. The van der Waals surface area contributed by atoms with Gasteiger partial charge in [-0.1, -0.05) is 15.9 Å². The molecule has 0 saturated carbocycles. The molecule has 0 bridgehead atoms. The molecule has 4 atom stereocenters. The SMILES string of the molecule is CCOC1CC2Oc3ccc(Br)cc3C(=O)C2[C@@H](C)O1. The third kappa shape index (κ3) is 2.38. The number of carbonyl (C=O) groups is 1.